The van der Waals surface area contributed by atoms with Gasteiger partial charge in [0.25, 0.3) is 17.5 Å². The first-order valence-electron chi connectivity index (χ1n) is 9.43. The third-order valence-corrected chi connectivity index (χ3v) is 4.86. The average Bonchev–Trinajstić information content (AvgIpc) is 3.03. The molecule has 9 heteroatoms. The SMILES string of the molecule is COc1cccc(NC2=C(c3ccc([N+](=O)[O-])cc3)C(=O)N(c3cccc(F)c3)C2=O)c1. The summed E-state index contributed by atoms with van der Waals surface area (Å²) >= 11 is 0. The largest absolute Gasteiger partial charge is 0.497 e. The van der Waals surface area contributed by atoms with Gasteiger partial charge in [0.2, 0.25) is 0 Å². The zero-order valence-electron chi connectivity index (χ0n) is 16.7. The van der Waals surface area contributed by atoms with Crippen LogP contribution in [0.15, 0.2) is 78.5 Å². The van der Waals surface area contributed by atoms with Gasteiger partial charge >= 0.3 is 0 Å². The van der Waals surface area contributed by atoms with Gasteiger partial charge in [0.1, 0.15) is 17.3 Å². The molecule has 0 spiro atoms. The fourth-order valence-electron chi connectivity index (χ4n) is 3.36. The van der Waals surface area contributed by atoms with Gasteiger partial charge in [-0.1, -0.05) is 12.1 Å². The summed E-state index contributed by atoms with van der Waals surface area (Å²) < 4.78 is 19.0. The standard InChI is InChI=1S/C23H16FN3O5/c1-32-19-7-3-5-16(13-19)25-21-20(14-8-10-17(11-9-14)27(30)31)22(28)26(23(21)29)18-6-2-4-15(24)12-18/h2-13,25H,1H3. The van der Waals surface area contributed by atoms with Crippen LogP contribution < -0.4 is 15.0 Å². The highest BCUT2D eigenvalue weighted by atomic mass is 19.1. The number of amides is 2. The Kier molecular flexibility index (Phi) is 5.38. The second-order valence-corrected chi connectivity index (χ2v) is 6.84. The fourth-order valence-corrected chi connectivity index (χ4v) is 3.36. The smallest absolute Gasteiger partial charge is 0.282 e. The van der Waals surface area contributed by atoms with Crippen molar-refractivity contribution >= 4 is 34.4 Å². The van der Waals surface area contributed by atoms with Crippen LogP contribution in [0.3, 0.4) is 0 Å². The highest BCUT2D eigenvalue weighted by Gasteiger charge is 2.40. The normalized spacial score (nSPS) is 13.5. The number of imide groups is 1. The molecule has 0 saturated carbocycles. The number of ether oxygens (including phenoxy) is 1. The lowest BCUT2D eigenvalue weighted by atomic mass is 10.0. The molecule has 1 aliphatic rings. The number of nitrogens with zero attached hydrogens (tertiary/aromatic N) is 2. The van der Waals surface area contributed by atoms with Crippen LogP contribution in [0.1, 0.15) is 5.56 Å². The van der Waals surface area contributed by atoms with Gasteiger partial charge in [-0.15, -0.1) is 0 Å². The molecule has 0 fully saturated rings. The third-order valence-electron chi connectivity index (χ3n) is 4.86. The van der Waals surface area contributed by atoms with Crippen molar-refractivity contribution < 1.29 is 23.6 Å². The molecule has 1 N–H and O–H groups in total. The van der Waals surface area contributed by atoms with E-state index in [-0.39, 0.29) is 22.6 Å². The van der Waals surface area contributed by atoms with Crippen LogP contribution in [-0.2, 0) is 9.59 Å². The Labute approximate surface area is 181 Å². The lowest BCUT2D eigenvalue weighted by Crippen LogP contribution is -2.32. The lowest BCUT2D eigenvalue weighted by Gasteiger charge is -2.15. The summed E-state index contributed by atoms with van der Waals surface area (Å²) in [5.41, 5.74) is 0.676. The van der Waals surface area contributed by atoms with Gasteiger partial charge in [-0.2, -0.15) is 0 Å². The molecule has 32 heavy (non-hydrogen) atoms. The molecule has 160 valence electrons. The number of hydrogen-bond donors (Lipinski definition) is 1. The number of carbonyl (C=O) groups is 2. The van der Waals surface area contributed by atoms with Crippen molar-refractivity contribution in [1.29, 1.82) is 0 Å². The molecule has 1 heterocycles. The summed E-state index contributed by atoms with van der Waals surface area (Å²) in [5, 5.41) is 13.9. The summed E-state index contributed by atoms with van der Waals surface area (Å²) in [6.45, 7) is 0. The number of benzene rings is 3. The number of halogens is 1. The van der Waals surface area contributed by atoms with Gasteiger partial charge in [0, 0.05) is 23.9 Å². The molecule has 0 saturated heterocycles. The first kappa shape index (κ1) is 20.7. The molecule has 4 rings (SSSR count). The number of methoxy groups -OCH3 is 1. The summed E-state index contributed by atoms with van der Waals surface area (Å²) in [6, 6.07) is 17.1. The van der Waals surface area contributed by atoms with Gasteiger partial charge < -0.3 is 10.1 Å². The van der Waals surface area contributed by atoms with Crippen molar-refractivity contribution in [3.05, 3.63) is 100.0 Å². The third kappa shape index (κ3) is 3.79. The Morgan fingerprint density at radius 3 is 2.34 bits per heavy atom. The van der Waals surface area contributed by atoms with E-state index in [4.69, 9.17) is 4.74 Å². The molecule has 1 aliphatic heterocycles. The van der Waals surface area contributed by atoms with Crippen molar-refractivity contribution in [1.82, 2.24) is 0 Å². The van der Waals surface area contributed by atoms with Crippen LogP contribution in [0.5, 0.6) is 5.75 Å². The minimum atomic E-state index is -0.684. The molecule has 3 aromatic carbocycles. The Morgan fingerprint density at radius 2 is 1.69 bits per heavy atom. The van der Waals surface area contributed by atoms with E-state index >= 15 is 0 Å². The van der Waals surface area contributed by atoms with E-state index < -0.39 is 22.6 Å². The van der Waals surface area contributed by atoms with Crippen molar-refractivity contribution in [2.75, 3.05) is 17.3 Å². The quantitative estimate of drug-likeness (QED) is 0.356. The van der Waals surface area contributed by atoms with Crippen LogP contribution in [0.25, 0.3) is 5.57 Å². The summed E-state index contributed by atoms with van der Waals surface area (Å²) in [7, 11) is 1.50. The molecule has 0 bridgehead atoms. The van der Waals surface area contributed by atoms with Crippen molar-refractivity contribution in [2.24, 2.45) is 0 Å². The molecule has 0 aromatic heterocycles. The maximum Gasteiger partial charge on any atom is 0.282 e. The van der Waals surface area contributed by atoms with Crippen LogP contribution >= 0.6 is 0 Å². The number of rotatable bonds is 6. The molecule has 0 unspecified atom stereocenters. The number of nitro groups is 1. The molecule has 8 nitrogen and oxygen atoms in total. The van der Waals surface area contributed by atoms with E-state index in [9.17, 15) is 24.1 Å². The Bertz CT molecular complexity index is 1270. The second kappa shape index (κ2) is 8.31. The molecule has 3 aromatic rings. The predicted octanol–water partition coefficient (Wildman–Crippen LogP) is 4.14. The summed E-state index contributed by atoms with van der Waals surface area (Å²) in [6.07, 6.45) is 0. The predicted molar refractivity (Wildman–Crippen MR) is 116 cm³/mol. The van der Waals surface area contributed by atoms with Crippen LogP contribution in [-0.4, -0.2) is 23.8 Å². The molecular formula is C23H16FN3O5. The number of carbonyl (C=O) groups excluding carboxylic acids is 2. The highest BCUT2D eigenvalue weighted by molar-refractivity contribution is 6.46. The molecular weight excluding hydrogens is 417 g/mol. The van der Waals surface area contributed by atoms with Crippen molar-refractivity contribution in [2.45, 2.75) is 0 Å². The summed E-state index contributed by atoms with van der Waals surface area (Å²) in [4.78, 5) is 37.9. The van der Waals surface area contributed by atoms with Gasteiger partial charge in [0.15, 0.2) is 0 Å². The van der Waals surface area contributed by atoms with Crippen LogP contribution in [0.4, 0.5) is 21.5 Å². The lowest BCUT2D eigenvalue weighted by molar-refractivity contribution is -0.384. The van der Waals surface area contributed by atoms with E-state index in [1.54, 1.807) is 24.3 Å². The Hall–Kier alpha value is -4.53. The Morgan fingerprint density at radius 1 is 0.969 bits per heavy atom. The fraction of sp³-hybridized carbons (Fsp3) is 0.0435. The van der Waals surface area contributed by atoms with Crippen LogP contribution in [0, 0.1) is 15.9 Å². The van der Waals surface area contributed by atoms with E-state index in [1.807, 2.05) is 0 Å². The van der Waals surface area contributed by atoms with Gasteiger partial charge in [-0.25, -0.2) is 9.29 Å². The minimum Gasteiger partial charge on any atom is -0.497 e. The van der Waals surface area contributed by atoms with E-state index in [1.165, 1.54) is 49.6 Å². The number of nitro benzene ring substituents is 1. The monoisotopic (exact) mass is 433 g/mol. The number of nitrogens with one attached hydrogen (secondary N) is 1. The maximum absolute atomic E-state index is 13.8. The van der Waals surface area contributed by atoms with E-state index in [2.05, 4.69) is 5.32 Å². The summed E-state index contributed by atoms with van der Waals surface area (Å²) in [5.74, 6) is -1.43. The highest BCUT2D eigenvalue weighted by Crippen LogP contribution is 2.35. The Balaban J connectivity index is 1.82. The first-order valence-corrected chi connectivity index (χ1v) is 9.43. The van der Waals surface area contributed by atoms with Crippen molar-refractivity contribution in [3.8, 4) is 5.75 Å². The van der Waals surface area contributed by atoms with Crippen LogP contribution in [0.2, 0.25) is 0 Å². The number of anilines is 2. The minimum absolute atomic E-state index is 0.0111. The van der Waals surface area contributed by atoms with Gasteiger partial charge in [-0.3, -0.25) is 19.7 Å². The van der Waals surface area contributed by atoms with Gasteiger partial charge in [-0.05, 0) is 48.0 Å². The van der Waals surface area contributed by atoms with E-state index in [0.717, 1.165) is 11.0 Å². The maximum atomic E-state index is 13.8. The topological polar surface area (TPSA) is 102 Å². The first-order chi connectivity index (χ1) is 15.4. The molecule has 0 atom stereocenters. The number of hydrogen-bond acceptors (Lipinski definition) is 6. The molecule has 0 aliphatic carbocycles. The average molecular weight is 433 g/mol. The molecule has 2 amide bonds. The van der Waals surface area contributed by atoms with E-state index in [0.29, 0.717) is 17.0 Å². The second-order valence-electron chi connectivity index (χ2n) is 6.84. The zero-order valence-corrected chi connectivity index (χ0v) is 16.7. The molecule has 0 radical (unpaired) electrons. The number of non-ortho nitro benzene ring substituents is 1. The van der Waals surface area contributed by atoms with Gasteiger partial charge in [0.05, 0.1) is 23.3 Å². The zero-order chi connectivity index (χ0) is 22.8. The van der Waals surface area contributed by atoms with Crippen molar-refractivity contribution in [3.63, 3.8) is 0 Å².